The van der Waals surface area contributed by atoms with E-state index in [1.54, 1.807) is 11.8 Å². The second-order valence-corrected chi connectivity index (χ2v) is 7.44. The van der Waals surface area contributed by atoms with E-state index in [4.69, 9.17) is 0 Å². The zero-order valence-corrected chi connectivity index (χ0v) is 15.8. The van der Waals surface area contributed by atoms with Crippen LogP contribution in [0.5, 0.6) is 0 Å². The Bertz CT molecular complexity index is 758. The van der Waals surface area contributed by atoms with Crippen molar-refractivity contribution < 1.29 is 9.59 Å². The maximum absolute atomic E-state index is 13.0. The number of aryl methyl sites for hydroxylation is 2. The van der Waals surface area contributed by atoms with E-state index in [1.165, 1.54) is 0 Å². The summed E-state index contributed by atoms with van der Waals surface area (Å²) in [7, 11) is 1.88. The normalized spacial score (nSPS) is 23.1. The highest BCUT2D eigenvalue weighted by Crippen LogP contribution is 2.31. The number of rotatable bonds is 4. The molecule has 142 valence electrons. The first-order valence-corrected chi connectivity index (χ1v) is 9.36. The molecule has 2 saturated heterocycles. The molecule has 7 heteroatoms. The largest absolute Gasteiger partial charge is 0.338 e. The molecule has 0 saturated carbocycles. The van der Waals surface area contributed by atoms with Crippen LogP contribution < -0.4 is 10.9 Å². The third kappa shape index (κ3) is 3.53. The Morgan fingerprint density at radius 2 is 2.08 bits per heavy atom. The van der Waals surface area contributed by atoms with Crippen molar-refractivity contribution in [3.63, 3.8) is 0 Å². The van der Waals surface area contributed by atoms with Crippen molar-refractivity contribution in [1.29, 1.82) is 0 Å². The summed E-state index contributed by atoms with van der Waals surface area (Å²) in [6.45, 7) is 6.29. The van der Waals surface area contributed by atoms with Gasteiger partial charge in [-0.3, -0.25) is 14.4 Å². The standard InChI is InChI=1S/C19H28N4O3/c1-12-10-13(2)21-18(25)17(12)19(26)22-8-6-15-14(11-22)4-5-16(24)23(15)9-7-20-3/h10,14-15,20H,4-9,11H2,1-3H3,(H,21,25)/t14-,15+/m0/s1. The molecule has 0 bridgehead atoms. The highest BCUT2D eigenvalue weighted by atomic mass is 16.2. The fourth-order valence-corrected chi connectivity index (χ4v) is 4.34. The fraction of sp³-hybridized carbons (Fsp3) is 0.632. The summed E-state index contributed by atoms with van der Waals surface area (Å²) >= 11 is 0. The molecule has 3 rings (SSSR count). The van der Waals surface area contributed by atoms with Crippen LogP contribution >= 0.6 is 0 Å². The van der Waals surface area contributed by atoms with E-state index in [0.29, 0.717) is 31.6 Å². The van der Waals surface area contributed by atoms with Gasteiger partial charge >= 0.3 is 0 Å². The smallest absolute Gasteiger partial charge is 0.261 e. The van der Waals surface area contributed by atoms with Crippen molar-refractivity contribution in [3.05, 3.63) is 33.2 Å². The number of aromatic nitrogens is 1. The monoisotopic (exact) mass is 360 g/mol. The average molecular weight is 360 g/mol. The number of piperidine rings is 2. The van der Waals surface area contributed by atoms with Gasteiger partial charge in [-0.2, -0.15) is 0 Å². The number of nitrogens with zero attached hydrogens (tertiary/aromatic N) is 2. The number of aromatic amines is 1. The Labute approximate surface area is 153 Å². The van der Waals surface area contributed by atoms with Gasteiger partial charge in [0, 0.05) is 44.3 Å². The van der Waals surface area contributed by atoms with Crippen LogP contribution in [0.1, 0.15) is 40.9 Å². The number of hydrogen-bond donors (Lipinski definition) is 2. The van der Waals surface area contributed by atoms with Crippen LogP contribution in [0.3, 0.4) is 0 Å². The number of H-pyrrole nitrogens is 1. The van der Waals surface area contributed by atoms with Gasteiger partial charge < -0.3 is 20.1 Å². The number of hydrogen-bond acceptors (Lipinski definition) is 4. The van der Waals surface area contributed by atoms with Crippen molar-refractivity contribution in [2.45, 2.75) is 39.2 Å². The molecule has 0 aromatic carbocycles. The number of likely N-dealkylation sites (N-methyl/N-ethyl adjacent to an activating group) is 1. The summed E-state index contributed by atoms with van der Waals surface area (Å²) in [6, 6.07) is 2.03. The van der Waals surface area contributed by atoms with Crippen molar-refractivity contribution in [1.82, 2.24) is 20.1 Å². The van der Waals surface area contributed by atoms with E-state index >= 15 is 0 Å². The molecule has 1 aromatic rings. The second-order valence-electron chi connectivity index (χ2n) is 7.44. The number of fused-ring (bicyclic) bond motifs is 1. The first-order chi connectivity index (χ1) is 12.4. The topological polar surface area (TPSA) is 85.5 Å². The van der Waals surface area contributed by atoms with Gasteiger partial charge in [0.15, 0.2) is 0 Å². The minimum absolute atomic E-state index is 0.194. The predicted octanol–water partition coefficient (Wildman–Crippen LogP) is 0.664. The second kappa shape index (κ2) is 7.61. The molecule has 2 amide bonds. The SMILES string of the molecule is CNCCN1C(=O)CC[C@H]2CN(C(=O)c3c(C)cc(C)[nH]c3=O)CC[C@H]21. The first kappa shape index (κ1) is 18.6. The molecule has 26 heavy (non-hydrogen) atoms. The zero-order valence-electron chi connectivity index (χ0n) is 15.8. The molecular formula is C19H28N4O3. The van der Waals surface area contributed by atoms with Crippen molar-refractivity contribution in [2.75, 3.05) is 33.2 Å². The van der Waals surface area contributed by atoms with Gasteiger partial charge in [0.1, 0.15) is 5.56 Å². The molecule has 3 heterocycles. The van der Waals surface area contributed by atoms with Crippen molar-refractivity contribution >= 4 is 11.8 Å². The van der Waals surface area contributed by atoms with E-state index in [-0.39, 0.29) is 34.9 Å². The number of carbonyl (C=O) groups excluding carboxylic acids is 2. The van der Waals surface area contributed by atoms with Crippen LogP contribution in [0, 0.1) is 19.8 Å². The van der Waals surface area contributed by atoms with Crippen LogP contribution in [0.25, 0.3) is 0 Å². The van der Waals surface area contributed by atoms with E-state index in [1.807, 2.05) is 24.9 Å². The fourth-order valence-electron chi connectivity index (χ4n) is 4.34. The molecule has 7 nitrogen and oxygen atoms in total. The molecule has 0 unspecified atom stereocenters. The van der Waals surface area contributed by atoms with Gasteiger partial charge in [-0.1, -0.05) is 0 Å². The summed E-state index contributed by atoms with van der Waals surface area (Å²) in [5.74, 6) is 0.306. The van der Waals surface area contributed by atoms with E-state index in [9.17, 15) is 14.4 Å². The molecular weight excluding hydrogens is 332 g/mol. The summed E-state index contributed by atoms with van der Waals surface area (Å²) in [6.07, 6.45) is 2.12. The zero-order chi connectivity index (χ0) is 18.8. The first-order valence-electron chi connectivity index (χ1n) is 9.36. The highest BCUT2D eigenvalue weighted by molar-refractivity contribution is 5.95. The lowest BCUT2D eigenvalue weighted by Crippen LogP contribution is -2.58. The van der Waals surface area contributed by atoms with E-state index in [2.05, 4.69) is 10.3 Å². The van der Waals surface area contributed by atoms with Gasteiger partial charge in [0.2, 0.25) is 5.91 Å². The molecule has 2 aliphatic heterocycles. The van der Waals surface area contributed by atoms with Crippen LogP contribution in [-0.4, -0.2) is 65.9 Å². The van der Waals surface area contributed by atoms with Gasteiger partial charge in [-0.15, -0.1) is 0 Å². The third-order valence-electron chi connectivity index (χ3n) is 5.61. The molecule has 0 spiro atoms. The molecule has 1 aromatic heterocycles. The predicted molar refractivity (Wildman–Crippen MR) is 99.2 cm³/mol. The molecule has 2 fully saturated rings. The third-order valence-corrected chi connectivity index (χ3v) is 5.61. The Hall–Kier alpha value is -2.15. The van der Waals surface area contributed by atoms with Gasteiger partial charge in [-0.05, 0) is 51.3 Å². The lowest BCUT2D eigenvalue weighted by atomic mass is 9.83. The van der Waals surface area contributed by atoms with Crippen LogP contribution in [0.4, 0.5) is 0 Å². The maximum atomic E-state index is 13.0. The van der Waals surface area contributed by atoms with E-state index < -0.39 is 0 Å². The lowest BCUT2D eigenvalue weighted by molar-refractivity contribution is -0.140. The number of amides is 2. The van der Waals surface area contributed by atoms with E-state index in [0.717, 1.165) is 25.1 Å². The van der Waals surface area contributed by atoms with Crippen molar-refractivity contribution in [3.8, 4) is 0 Å². The summed E-state index contributed by atoms with van der Waals surface area (Å²) < 4.78 is 0. The van der Waals surface area contributed by atoms with Crippen molar-refractivity contribution in [2.24, 2.45) is 5.92 Å². The van der Waals surface area contributed by atoms with Gasteiger partial charge in [-0.25, -0.2) is 0 Å². The summed E-state index contributed by atoms with van der Waals surface area (Å²) in [4.78, 5) is 44.0. The summed E-state index contributed by atoms with van der Waals surface area (Å²) in [5, 5.41) is 3.10. The Morgan fingerprint density at radius 3 is 2.77 bits per heavy atom. The van der Waals surface area contributed by atoms with Crippen LogP contribution in [-0.2, 0) is 4.79 Å². The Kier molecular flexibility index (Phi) is 5.46. The quantitative estimate of drug-likeness (QED) is 0.826. The molecule has 0 aliphatic carbocycles. The summed E-state index contributed by atoms with van der Waals surface area (Å²) in [5.41, 5.74) is 1.40. The number of pyridine rings is 1. The molecule has 2 atom stereocenters. The van der Waals surface area contributed by atoms with Crippen LogP contribution in [0.15, 0.2) is 10.9 Å². The van der Waals surface area contributed by atoms with Gasteiger partial charge in [0.05, 0.1) is 0 Å². The lowest BCUT2D eigenvalue weighted by Gasteiger charge is -2.47. The molecule has 2 N–H and O–H groups in total. The number of carbonyl (C=O) groups is 2. The average Bonchev–Trinajstić information content (AvgIpc) is 2.59. The highest BCUT2D eigenvalue weighted by Gasteiger charge is 2.40. The van der Waals surface area contributed by atoms with Gasteiger partial charge in [0.25, 0.3) is 11.5 Å². The van der Waals surface area contributed by atoms with Crippen LogP contribution in [0.2, 0.25) is 0 Å². The molecule has 0 radical (unpaired) electrons. The minimum atomic E-state index is -0.316. The number of nitrogens with one attached hydrogen (secondary N) is 2. The Morgan fingerprint density at radius 1 is 1.31 bits per heavy atom. The minimum Gasteiger partial charge on any atom is -0.338 e. The molecule has 2 aliphatic rings. The maximum Gasteiger partial charge on any atom is 0.261 e. The Balaban J connectivity index is 1.75. The number of likely N-dealkylation sites (tertiary alicyclic amines) is 2.